The zero-order valence-corrected chi connectivity index (χ0v) is 12.3. The number of hydrogen-bond acceptors (Lipinski definition) is 4. The maximum absolute atomic E-state index is 5.49. The van der Waals surface area contributed by atoms with Crippen LogP contribution in [0.3, 0.4) is 0 Å². The molecule has 1 aromatic carbocycles. The summed E-state index contributed by atoms with van der Waals surface area (Å²) in [5.74, 6) is 1.99. The highest BCUT2D eigenvalue weighted by Crippen LogP contribution is 2.23. The highest BCUT2D eigenvalue weighted by atomic mass is 32.2. The van der Waals surface area contributed by atoms with Crippen LogP contribution < -0.4 is 10.1 Å². The first kappa shape index (κ1) is 14.2. The Bertz CT molecular complexity index is 512. The number of H-pyrrole nitrogens is 1. The van der Waals surface area contributed by atoms with Crippen LogP contribution in [0.5, 0.6) is 5.75 Å². The van der Waals surface area contributed by atoms with Crippen molar-refractivity contribution in [3.8, 4) is 5.75 Å². The Morgan fingerprint density at radius 3 is 3.05 bits per heavy atom. The van der Waals surface area contributed by atoms with Crippen molar-refractivity contribution >= 4 is 22.8 Å². The number of imidazole rings is 1. The molecule has 1 aromatic heterocycles. The van der Waals surface area contributed by atoms with Crippen molar-refractivity contribution in [1.29, 1.82) is 0 Å². The smallest absolute Gasteiger partial charge is 0.166 e. The monoisotopic (exact) mass is 279 g/mol. The average molecular weight is 279 g/mol. The Balaban J connectivity index is 1.93. The molecule has 0 spiro atoms. The van der Waals surface area contributed by atoms with Crippen LogP contribution in [-0.4, -0.2) is 35.9 Å². The quantitative estimate of drug-likeness (QED) is 0.576. The van der Waals surface area contributed by atoms with Gasteiger partial charge in [-0.25, -0.2) is 4.98 Å². The van der Waals surface area contributed by atoms with E-state index in [0.717, 1.165) is 34.2 Å². The minimum absolute atomic E-state index is 0.687. The maximum atomic E-state index is 5.49. The van der Waals surface area contributed by atoms with Gasteiger partial charge >= 0.3 is 0 Å². The summed E-state index contributed by atoms with van der Waals surface area (Å²) in [7, 11) is 1.99. The van der Waals surface area contributed by atoms with Crippen molar-refractivity contribution in [3.05, 3.63) is 18.2 Å². The van der Waals surface area contributed by atoms with E-state index in [2.05, 4.69) is 15.3 Å². The highest BCUT2D eigenvalue weighted by Gasteiger charge is 2.04. The van der Waals surface area contributed by atoms with Crippen LogP contribution in [0.15, 0.2) is 23.4 Å². The van der Waals surface area contributed by atoms with Crippen LogP contribution in [-0.2, 0) is 0 Å². The number of ether oxygens (including phenoxy) is 1. The van der Waals surface area contributed by atoms with Gasteiger partial charge in [0.05, 0.1) is 17.6 Å². The Hall–Kier alpha value is -1.20. The molecule has 2 aromatic rings. The van der Waals surface area contributed by atoms with E-state index in [1.54, 1.807) is 11.8 Å². The molecule has 0 aliphatic carbocycles. The van der Waals surface area contributed by atoms with Crippen LogP contribution >= 0.6 is 11.8 Å². The number of aromatic nitrogens is 2. The number of aromatic amines is 1. The molecule has 2 rings (SSSR count). The van der Waals surface area contributed by atoms with Crippen molar-refractivity contribution in [2.45, 2.75) is 24.9 Å². The number of unbranched alkanes of at least 4 members (excludes halogenated alkanes) is 1. The number of nitrogens with zero attached hydrogens (tertiary/aromatic N) is 1. The first-order valence-corrected chi connectivity index (χ1v) is 7.72. The Kier molecular flexibility index (Phi) is 5.54. The third kappa shape index (κ3) is 4.14. The summed E-state index contributed by atoms with van der Waals surface area (Å²) in [6.45, 7) is 3.76. The predicted molar refractivity (Wildman–Crippen MR) is 81.1 cm³/mol. The normalized spacial score (nSPS) is 11.1. The topological polar surface area (TPSA) is 49.9 Å². The van der Waals surface area contributed by atoms with E-state index in [9.17, 15) is 0 Å². The van der Waals surface area contributed by atoms with Crippen molar-refractivity contribution < 1.29 is 4.74 Å². The summed E-state index contributed by atoms with van der Waals surface area (Å²) in [6.07, 6.45) is 2.41. The van der Waals surface area contributed by atoms with Gasteiger partial charge in [0.2, 0.25) is 0 Å². The fourth-order valence-electron chi connectivity index (χ4n) is 1.86. The van der Waals surface area contributed by atoms with E-state index >= 15 is 0 Å². The van der Waals surface area contributed by atoms with E-state index < -0.39 is 0 Å². The molecule has 0 fully saturated rings. The molecular weight excluding hydrogens is 258 g/mol. The first-order chi connectivity index (χ1) is 9.33. The number of thioether (sulfide) groups is 1. The molecule has 0 saturated carbocycles. The molecular formula is C14H21N3OS. The number of rotatable bonds is 8. The molecule has 0 bridgehead atoms. The second-order valence-corrected chi connectivity index (χ2v) is 5.40. The van der Waals surface area contributed by atoms with Gasteiger partial charge in [0.25, 0.3) is 0 Å². The van der Waals surface area contributed by atoms with Gasteiger partial charge in [-0.15, -0.1) is 0 Å². The minimum atomic E-state index is 0.687. The molecule has 0 amide bonds. The minimum Gasteiger partial charge on any atom is -0.494 e. The molecule has 19 heavy (non-hydrogen) atoms. The number of hydrogen-bond donors (Lipinski definition) is 2. The number of nitrogens with one attached hydrogen (secondary N) is 2. The molecule has 0 atom stereocenters. The standard InChI is InChI=1S/C14H21N3OS/c1-3-18-11-6-7-12-13(10-11)17-14(16-12)19-9-5-4-8-15-2/h6-7,10,15H,3-5,8-9H2,1-2H3,(H,16,17). The Morgan fingerprint density at radius 2 is 2.26 bits per heavy atom. The third-order valence-corrected chi connectivity index (χ3v) is 3.76. The number of benzene rings is 1. The molecule has 0 radical (unpaired) electrons. The molecule has 1 heterocycles. The van der Waals surface area contributed by atoms with Crippen LogP contribution in [0.25, 0.3) is 11.0 Å². The van der Waals surface area contributed by atoms with Crippen LogP contribution in [0.4, 0.5) is 0 Å². The molecule has 4 nitrogen and oxygen atoms in total. The zero-order valence-electron chi connectivity index (χ0n) is 11.5. The second kappa shape index (κ2) is 7.40. The highest BCUT2D eigenvalue weighted by molar-refractivity contribution is 7.99. The lowest BCUT2D eigenvalue weighted by molar-refractivity contribution is 0.340. The van der Waals surface area contributed by atoms with Gasteiger partial charge in [-0.05, 0) is 45.5 Å². The van der Waals surface area contributed by atoms with E-state index in [1.165, 1.54) is 12.8 Å². The summed E-state index contributed by atoms with van der Waals surface area (Å²) in [6, 6.07) is 5.98. The maximum Gasteiger partial charge on any atom is 0.166 e. The Morgan fingerprint density at radius 1 is 1.37 bits per heavy atom. The second-order valence-electron chi connectivity index (χ2n) is 4.31. The summed E-state index contributed by atoms with van der Waals surface area (Å²) in [4.78, 5) is 7.91. The summed E-state index contributed by atoms with van der Waals surface area (Å²) >= 11 is 1.78. The number of fused-ring (bicyclic) bond motifs is 1. The van der Waals surface area contributed by atoms with Gasteiger partial charge in [0, 0.05) is 11.8 Å². The van der Waals surface area contributed by atoms with Crippen LogP contribution in [0, 0.1) is 0 Å². The lowest BCUT2D eigenvalue weighted by Gasteiger charge is -2.00. The zero-order chi connectivity index (χ0) is 13.5. The van der Waals surface area contributed by atoms with Crippen molar-refractivity contribution in [2.75, 3.05) is 26.0 Å². The van der Waals surface area contributed by atoms with Crippen LogP contribution in [0.1, 0.15) is 19.8 Å². The Labute approximate surface area is 118 Å². The molecule has 5 heteroatoms. The van der Waals surface area contributed by atoms with Gasteiger partial charge in [0.15, 0.2) is 5.16 Å². The predicted octanol–water partition coefficient (Wildman–Crippen LogP) is 3.05. The molecule has 0 saturated heterocycles. The fourth-order valence-corrected chi connectivity index (χ4v) is 2.75. The van der Waals surface area contributed by atoms with Crippen molar-refractivity contribution in [2.24, 2.45) is 0 Å². The van der Waals surface area contributed by atoms with Crippen molar-refractivity contribution in [1.82, 2.24) is 15.3 Å². The van der Waals surface area contributed by atoms with E-state index in [4.69, 9.17) is 4.74 Å². The summed E-state index contributed by atoms with van der Waals surface area (Å²) < 4.78 is 5.49. The average Bonchev–Trinajstić information content (AvgIpc) is 2.81. The summed E-state index contributed by atoms with van der Waals surface area (Å²) in [5, 5.41) is 4.15. The molecule has 104 valence electrons. The lowest BCUT2D eigenvalue weighted by atomic mass is 10.3. The van der Waals surface area contributed by atoms with Gasteiger partial charge in [-0.3, -0.25) is 0 Å². The van der Waals surface area contributed by atoms with Crippen LogP contribution in [0.2, 0.25) is 0 Å². The molecule has 0 aliphatic rings. The first-order valence-electron chi connectivity index (χ1n) is 6.73. The third-order valence-electron chi connectivity index (χ3n) is 2.80. The SMILES string of the molecule is CCOc1ccc2nc(SCCCCNC)[nH]c2c1. The fraction of sp³-hybridized carbons (Fsp3) is 0.500. The van der Waals surface area contributed by atoms with Gasteiger partial charge < -0.3 is 15.0 Å². The van der Waals surface area contributed by atoms with Crippen molar-refractivity contribution in [3.63, 3.8) is 0 Å². The molecule has 0 aliphatic heterocycles. The van der Waals surface area contributed by atoms with E-state index in [1.807, 2.05) is 32.2 Å². The lowest BCUT2D eigenvalue weighted by Crippen LogP contribution is -2.07. The molecule has 2 N–H and O–H groups in total. The summed E-state index contributed by atoms with van der Waals surface area (Å²) in [5.41, 5.74) is 2.05. The van der Waals surface area contributed by atoms with E-state index in [0.29, 0.717) is 6.61 Å². The largest absolute Gasteiger partial charge is 0.494 e. The van der Waals surface area contributed by atoms with Gasteiger partial charge in [0.1, 0.15) is 5.75 Å². The molecule has 0 unspecified atom stereocenters. The van der Waals surface area contributed by atoms with Gasteiger partial charge in [-0.1, -0.05) is 11.8 Å². The van der Waals surface area contributed by atoms with Gasteiger partial charge in [-0.2, -0.15) is 0 Å². The van der Waals surface area contributed by atoms with E-state index in [-0.39, 0.29) is 0 Å².